The predicted octanol–water partition coefficient (Wildman–Crippen LogP) is 5.28. The molecular weight excluding hydrogens is 399 g/mol. The molecule has 0 bridgehead atoms. The summed E-state index contributed by atoms with van der Waals surface area (Å²) in [5, 5.41) is 13.2. The number of aromatic nitrogens is 1. The molecule has 0 fully saturated rings. The second-order valence-electron chi connectivity index (χ2n) is 7.38. The van der Waals surface area contributed by atoms with Crippen LogP contribution in [0.2, 0.25) is 0 Å². The fourth-order valence-electron chi connectivity index (χ4n) is 3.21. The molecule has 0 saturated carbocycles. The van der Waals surface area contributed by atoms with Gasteiger partial charge in [0.1, 0.15) is 11.3 Å². The van der Waals surface area contributed by atoms with Crippen molar-refractivity contribution in [3.8, 4) is 23.0 Å². The molecule has 0 aliphatic carbocycles. The van der Waals surface area contributed by atoms with Crippen LogP contribution in [0.5, 0.6) is 11.5 Å². The van der Waals surface area contributed by atoms with Gasteiger partial charge in [-0.05, 0) is 73.9 Å². The lowest BCUT2D eigenvalue weighted by Gasteiger charge is -2.11. The second-order valence-corrected chi connectivity index (χ2v) is 7.38. The van der Waals surface area contributed by atoms with E-state index in [1.165, 1.54) is 18.2 Å². The smallest absolute Gasteiger partial charge is 0.262 e. The SMILES string of the molecule is Cc1cc2nc(-c3cc(NC(=O)COc4ccccc4F)cc(C)c3O)oc2cc1C. The summed E-state index contributed by atoms with van der Waals surface area (Å²) in [4.78, 5) is 16.8. The third kappa shape index (κ3) is 4.21. The van der Waals surface area contributed by atoms with Crippen molar-refractivity contribution < 1.29 is 23.4 Å². The summed E-state index contributed by atoms with van der Waals surface area (Å²) in [6.45, 7) is 5.32. The van der Waals surface area contributed by atoms with Gasteiger partial charge < -0.3 is 19.6 Å². The Morgan fingerprint density at radius 3 is 2.61 bits per heavy atom. The molecule has 0 atom stereocenters. The van der Waals surface area contributed by atoms with Gasteiger partial charge >= 0.3 is 0 Å². The van der Waals surface area contributed by atoms with Gasteiger partial charge in [0, 0.05) is 5.69 Å². The maximum atomic E-state index is 13.6. The van der Waals surface area contributed by atoms with E-state index in [-0.39, 0.29) is 24.0 Å². The van der Waals surface area contributed by atoms with Crippen LogP contribution >= 0.6 is 0 Å². The lowest BCUT2D eigenvalue weighted by atomic mass is 10.1. The molecule has 0 saturated heterocycles. The number of benzene rings is 3. The number of hydrogen-bond acceptors (Lipinski definition) is 5. The Balaban J connectivity index is 1.58. The molecule has 4 aromatic rings. The highest BCUT2D eigenvalue weighted by atomic mass is 19.1. The van der Waals surface area contributed by atoms with Crippen LogP contribution in [0.1, 0.15) is 16.7 Å². The molecule has 4 rings (SSSR count). The van der Waals surface area contributed by atoms with Gasteiger partial charge in [0.15, 0.2) is 23.8 Å². The molecule has 1 amide bonds. The molecule has 6 nitrogen and oxygen atoms in total. The monoisotopic (exact) mass is 420 g/mol. The number of ether oxygens (including phenoxy) is 1. The summed E-state index contributed by atoms with van der Waals surface area (Å²) in [6, 6.07) is 12.9. The fourth-order valence-corrected chi connectivity index (χ4v) is 3.21. The van der Waals surface area contributed by atoms with E-state index < -0.39 is 11.7 Å². The average Bonchev–Trinajstić information content (AvgIpc) is 3.12. The maximum absolute atomic E-state index is 13.6. The Morgan fingerprint density at radius 1 is 1.10 bits per heavy atom. The first kappa shape index (κ1) is 20.4. The number of para-hydroxylation sites is 1. The zero-order valence-corrected chi connectivity index (χ0v) is 17.3. The zero-order valence-electron chi connectivity index (χ0n) is 17.3. The van der Waals surface area contributed by atoms with Crippen LogP contribution < -0.4 is 10.1 Å². The lowest BCUT2D eigenvalue weighted by Crippen LogP contribution is -2.20. The molecule has 3 aromatic carbocycles. The highest BCUT2D eigenvalue weighted by Crippen LogP contribution is 2.36. The van der Waals surface area contributed by atoms with E-state index in [9.17, 15) is 14.3 Å². The van der Waals surface area contributed by atoms with Crippen molar-refractivity contribution in [3.63, 3.8) is 0 Å². The van der Waals surface area contributed by atoms with Crippen molar-refractivity contribution in [3.05, 3.63) is 71.0 Å². The number of phenolic OH excluding ortho intramolecular Hbond substituents is 1. The molecule has 0 aliphatic rings. The van der Waals surface area contributed by atoms with Crippen molar-refractivity contribution >= 4 is 22.7 Å². The minimum Gasteiger partial charge on any atom is -0.507 e. The first-order valence-electron chi connectivity index (χ1n) is 9.71. The van der Waals surface area contributed by atoms with Crippen molar-refractivity contribution in [2.75, 3.05) is 11.9 Å². The number of carbonyl (C=O) groups excluding carboxylic acids is 1. The molecule has 0 spiro atoms. The largest absolute Gasteiger partial charge is 0.507 e. The quantitative estimate of drug-likeness (QED) is 0.429. The number of rotatable bonds is 5. The van der Waals surface area contributed by atoms with Crippen LogP contribution in [0.25, 0.3) is 22.6 Å². The van der Waals surface area contributed by atoms with Gasteiger partial charge in [-0.15, -0.1) is 0 Å². The lowest BCUT2D eigenvalue weighted by molar-refractivity contribution is -0.118. The van der Waals surface area contributed by atoms with Crippen LogP contribution in [-0.2, 0) is 4.79 Å². The molecular formula is C24H21FN2O4. The number of hydrogen-bond donors (Lipinski definition) is 2. The van der Waals surface area contributed by atoms with Gasteiger partial charge in [0.25, 0.3) is 5.91 Å². The number of aryl methyl sites for hydroxylation is 3. The van der Waals surface area contributed by atoms with E-state index in [1.54, 1.807) is 25.1 Å². The van der Waals surface area contributed by atoms with Gasteiger partial charge in [-0.3, -0.25) is 4.79 Å². The van der Waals surface area contributed by atoms with E-state index in [4.69, 9.17) is 9.15 Å². The van der Waals surface area contributed by atoms with Crippen LogP contribution in [0.15, 0.2) is 52.9 Å². The molecule has 0 unspecified atom stereocenters. The molecule has 2 N–H and O–H groups in total. The standard InChI is InChI=1S/C24H21FN2O4/c1-13-9-19-21(10-14(13)2)31-24(27-19)17-11-16(8-15(3)23(17)29)26-22(28)12-30-20-7-5-4-6-18(20)25/h4-11,29H,12H2,1-3H3,(H,26,28). The Bertz CT molecular complexity index is 1260. The number of nitrogens with zero attached hydrogens (tertiary/aromatic N) is 1. The summed E-state index contributed by atoms with van der Waals surface area (Å²) in [7, 11) is 0. The third-order valence-corrected chi connectivity index (χ3v) is 5.01. The second kappa shape index (κ2) is 8.10. The highest BCUT2D eigenvalue weighted by molar-refractivity contribution is 5.93. The minimum atomic E-state index is -0.542. The van der Waals surface area contributed by atoms with E-state index in [0.717, 1.165) is 11.1 Å². The minimum absolute atomic E-state index is 0.00251. The average molecular weight is 420 g/mol. The zero-order chi connectivity index (χ0) is 22.1. The number of fused-ring (bicyclic) bond motifs is 1. The van der Waals surface area contributed by atoms with Gasteiger partial charge in [0.2, 0.25) is 5.89 Å². The van der Waals surface area contributed by atoms with Gasteiger partial charge in [-0.1, -0.05) is 12.1 Å². The van der Waals surface area contributed by atoms with Gasteiger partial charge in [-0.2, -0.15) is 0 Å². The molecule has 0 aliphatic heterocycles. The molecule has 1 heterocycles. The Hall–Kier alpha value is -3.87. The van der Waals surface area contributed by atoms with Gasteiger partial charge in [-0.25, -0.2) is 9.37 Å². The summed E-state index contributed by atoms with van der Waals surface area (Å²) < 4.78 is 24.7. The van der Waals surface area contributed by atoms with Crippen LogP contribution in [0.3, 0.4) is 0 Å². The first-order valence-corrected chi connectivity index (χ1v) is 9.71. The summed E-state index contributed by atoms with van der Waals surface area (Å²) in [5.74, 6) is -0.750. The van der Waals surface area contributed by atoms with Crippen molar-refractivity contribution in [1.29, 1.82) is 0 Å². The summed E-state index contributed by atoms with van der Waals surface area (Å²) in [6.07, 6.45) is 0. The molecule has 158 valence electrons. The number of amides is 1. The highest BCUT2D eigenvalue weighted by Gasteiger charge is 2.17. The summed E-state index contributed by atoms with van der Waals surface area (Å²) in [5.41, 5.74) is 4.79. The number of carbonyl (C=O) groups is 1. The van der Waals surface area contributed by atoms with Crippen LogP contribution in [0.4, 0.5) is 10.1 Å². The number of phenols is 1. The fraction of sp³-hybridized carbons (Fsp3) is 0.167. The predicted molar refractivity (Wildman–Crippen MR) is 116 cm³/mol. The number of halogens is 1. The number of aromatic hydroxyl groups is 1. The topological polar surface area (TPSA) is 84.6 Å². The maximum Gasteiger partial charge on any atom is 0.262 e. The van der Waals surface area contributed by atoms with Gasteiger partial charge in [0.05, 0.1) is 5.56 Å². The third-order valence-electron chi connectivity index (χ3n) is 5.01. The van der Waals surface area contributed by atoms with Crippen LogP contribution in [-0.4, -0.2) is 22.6 Å². The number of anilines is 1. The Labute approximate surface area is 178 Å². The normalized spacial score (nSPS) is 11.0. The van der Waals surface area contributed by atoms with E-state index in [2.05, 4.69) is 10.3 Å². The first-order chi connectivity index (χ1) is 14.8. The molecule has 7 heteroatoms. The Morgan fingerprint density at radius 2 is 1.84 bits per heavy atom. The summed E-state index contributed by atoms with van der Waals surface area (Å²) >= 11 is 0. The number of nitrogens with one attached hydrogen (secondary N) is 1. The Kier molecular flexibility index (Phi) is 5.33. The van der Waals surface area contributed by atoms with E-state index >= 15 is 0 Å². The molecule has 1 aromatic heterocycles. The molecule has 0 radical (unpaired) electrons. The number of oxazole rings is 1. The van der Waals surface area contributed by atoms with Crippen molar-refractivity contribution in [1.82, 2.24) is 4.98 Å². The van der Waals surface area contributed by atoms with Crippen LogP contribution in [0, 0.1) is 26.6 Å². The van der Waals surface area contributed by atoms with Crippen molar-refractivity contribution in [2.24, 2.45) is 0 Å². The molecule has 31 heavy (non-hydrogen) atoms. The van der Waals surface area contributed by atoms with E-state index in [0.29, 0.717) is 27.9 Å². The van der Waals surface area contributed by atoms with E-state index in [1.807, 2.05) is 26.0 Å². The van der Waals surface area contributed by atoms with Crippen molar-refractivity contribution in [2.45, 2.75) is 20.8 Å².